The number of imidazole rings is 1. The van der Waals surface area contributed by atoms with E-state index >= 15 is 0 Å². The fourth-order valence-electron chi connectivity index (χ4n) is 2.59. The number of hydrogen-bond donors (Lipinski definition) is 1. The van der Waals surface area contributed by atoms with Crippen molar-refractivity contribution in [3.05, 3.63) is 30.6 Å². The Labute approximate surface area is 120 Å². The number of primary amides is 1. The summed E-state index contributed by atoms with van der Waals surface area (Å²) >= 11 is 0. The Balaban J connectivity index is 2.07. The maximum atomic E-state index is 11.7. The summed E-state index contributed by atoms with van der Waals surface area (Å²) in [6.07, 6.45) is 8.42. The molecule has 2 rings (SSSR count). The summed E-state index contributed by atoms with van der Waals surface area (Å²) in [5.74, 6) is -0.274. The molecule has 1 aromatic carbocycles. The fourth-order valence-corrected chi connectivity index (χ4v) is 2.59. The summed E-state index contributed by atoms with van der Waals surface area (Å²) in [5, 5.41) is 0. The lowest BCUT2D eigenvalue weighted by atomic mass is 10.1. The number of carbonyl (C=O) groups excluding carboxylic acids is 1. The van der Waals surface area contributed by atoms with Crippen LogP contribution >= 0.6 is 0 Å². The zero-order valence-electron chi connectivity index (χ0n) is 12.1. The van der Waals surface area contributed by atoms with Crippen molar-refractivity contribution in [3.63, 3.8) is 0 Å². The van der Waals surface area contributed by atoms with Crippen LogP contribution in [0.15, 0.2) is 30.6 Å². The average Bonchev–Trinajstić information content (AvgIpc) is 2.86. The highest BCUT2D eigenvalue weighted by Gasteiger charge is 2.18. The van der Waals surface area contributed by atoms with E-state index in [1.165, 1.54) is 19.3 Å². The molecule has 0 saturated carbocycles. The first-order valence-electron chi connectivity index (χ1n) is 7.45. The highest BCUT2D eigenvalue weighted by Crippen LogP contribution is 2.22. The molecule has 2 N–H and O–H groups in total. The molecule has 1 aromatic heterocycles. The topological polar surface area (TPSA) is 60.9 Å². The summed E-state index contributed by atoms with van der Waals surface area (Å²) in [4.78, 5) is 16.1. The minimum Gasteiger partial charge on any atom is -0.368 e. The minimum absolute atomic E-state index is 0.274. The Kier molecular flexibility index (Phi) is 5.16. The smallest absolute Gasteiger partial charge is 0.240 e. The average molecular weight is 273 g/mol. The molecule has 0 saturated heterocycles. The van der Waals surface area contributed by atoms with Gasteiger partial charge in [0.25, 0.3) is 0 Å². The van der Waals surface area contributed by atoms with Crippen molar-refractivity contribution in [2.24, 2.45) is 5.73 Å². The molecule has 1 amide bonds. The van der Waals surface area contributed by atoms with Crippen LogP contribution in [-0.2, 0) is 4.79 Å². The number of fused-ring (bicyclic) bond motifs is 1. The van der Waals surface area contributed by atoms with Crippen LogP contribution in [0, 0.1) is 0 Å². The molecule has 20 heavy (non-hydrogen) atoms. The van der Waals surface area contributed by atoms with Crippen molar-refractivity contribution in [1.82, 2.24) is 9.55 Å². The van der Waals surface area contributed by atoms with Crippen molar-refractivity contribution in [3.8, 4) is 0 Å². The number of para-hydroxylation sites is 2. The van der Waals surface area contributed by atoms with E-state index in [4.69, 9.17) is 5.73 Å². The van der Waals surface area contributed by atoms with Crippen molar-refractivity contribution < 1.29 is 4.79 Å². The van der Waals surface area contributed by atoms with Gasteiger partial charge < -0.3 is 10.3 Å². The largest absolute Gasteiger partial charge is 0.368 e. The normalized spacial score (nSPS) is 12.7. The number of unbranched alkanes of at least 4 members (excludes halogenated alkanes) is 4. The molecular formula is C16H23N3O. The van der Waals surface area contributed by atoms with Crippen LogP contribution in [0.4, 0.5) is 0 Å². The maximum absolute atomic E-state index is 11.7. The quantitative estimate of drug-likeness (QED) is 0.749. The highest BCUT2D eigenvalue weighted by atomic mass is 16.1. The van der Waals surface area contributed by atoms with E-state index in [9.17, 15) is 4.79 Å². The fraction of sp³-hybridized carbons (Fsp3) is 0.500. The maximum Gasteiger partial charge on any atom is 0.240 e. The summed E-state index contributed by atoms with van der Waals surface area (Å²) in [6, 6.07) is 7.55. The molecular weight excluding hydrogens is 250 g/mol. The number of benzene rings is 1. The lowest BCUT2D eigenvalue weighted by molar-refractivity contribution is -0.121. The van der Waals surface area contributed by atoms with E-state index in [0.29, 0.717) is 0 Å². The molecule has 0 aliphatic carbocycles. The molecule has 0 aliphatic heterocycles. The second-order valence-corrected chi connectivity index (χ2v) is 5.26. The van der Waals surface area contributed by atoms with Gasteiger partial charge in [-0.25, -0.2) is 4.98 Å². The molecule has 4 nitrogen and oxygen atoms in total. The van der Waals surface area contributed by atoms with Gasteiger partial charge in [0.05, 0.1) is 17.4 Å². The third kappa shape index (κ3) is 3.38. The van der Waals surface area contributed by atoms with Gasteiger partial charge in [-0.3, -0.25) is 4.79 Å². The van der Waals surface area contributed by atoms with Gasteiger partial charge in [0, 0.05) is 0 Å². The first kappa shape index (κ1) is 14.6. The summed E-state index contributed by atoms with van der Waals surface area (Å²) in [7, 11) is 0. The van der Waals surface area contributed by atoms with Gasteiger partial charge in [0.2, 0.25) is 5.91 Å². The molecule has 1 unspecified atom stereocenters. The summed E-state index contributed by atoms with van der Waals surface area (Å²) in [5.41, 5.74) is 7.46. The predicted octanol–water partition coefficient (Wildman–Crippen LogP) is 3.42. The van der Waals surface area contributed by atoms with Crippen molar-refractivity contribution in [2.75, 3.05) is 0 Å². The third-order valence-electron chi connectivity index (χ3n) is 3.73. The van der Waals surface area contributed by atoms with Gasteiger partial charge in [-0.1, -0.05) is 51.2 Å². The van der Waals surface area contributed by atoms with Gasteiger partial charge in [0.15, 0.2) is 0 Å². The van der Waals surface area contributed by atoms with E-state index in [1.807, 2.05) is 28.8 Å². The number of hydrogen-bond acceptors (Lipinski definition) is 2. The second kappa shape index (κ2) is 7.08. The van der Waals surface area contributed by atoms with Gasteiger partial charge in [0.1, 0.15) is 6.04 Å². The number of rotatable bonds is 8. The standard InChI is InChI=1S/C16H23N3O/c1-2-3-4-5-6-11-15(16(17)20)19-12-18-13-9-7-8-10-14(13)19/h7-10,12,15H,2-6,11H2,1H3,(H2,17,20). The van der Waals surface area contributed by atoms with E-state index in [1.54, 1.807) is 6.33 Å². The zero-order valence-corrected chi connectivity index (χ0v) is 12.1. The Morgan fingerprint density at radius 1 is 1.25 bits per heavy atom. The SMILES string of the molecule is CCCCCCCC(C(N)=O)n1cnc2ccccc21. The number of aromatic nitrogens is 2. The van der Waals surface area contributed by atoms with Gasteiger partial charge >= 0.3 is 0 Å². The number of nitrogens with zero attached hydrogens (tertiary/aromatic N) is 2. The van der Waals surface area contributed by atoms with Crippen LogP contribution in [0.1, 0.15) is 51.5 Å². The Hall–Kier alpha value is -1.84. The van der Waals surface area contributed by atoms with Gasteiger partial charge in [-0.15, -0.1) is 0 Å². The van der Waals surface area contributed by atoms with E-state index in [-0.39, 0.29) is 11.9 Å². The first-order chi connectivity index (χ1) is 9.74. The van der Waals surface area contributed by atoms with Crippen LogP contribution < -0.4 is 5.73 Å². The van der Waals surface area contributed by atoms with E-state index < -0.39 is 0 Å². The van der Waals surface area contributed by atoms with Crippen LogP contribution in [0.2, 0.25) is 0 Å². The molecule has 0 bridgehead atoms. The van der Waals surface area contributed by atoms with Gasteiger partial charge in [-0.2, -0.15) is 0 Å². The van der Waals surface area contributed by atoms with E-state index in [2.05, 4.69) is 11.9 Å². The van der Waals surface area contributed by atoms with Crippen molar-refractivity contribution in [2.45, 2.75) is 51.5 Å². The third-order valence-corrected chi connectivity index (χ3v) is 3.73. The summed E-state index contributed by atoms with van der Waals surface area (Å²) in [6.45, 7) is 2.20. The molecule has 2 aromatic rings. The number of carbonyl (C=O) groups is 1. The molecule has 0 spiro atoms. The van der Waals surface area contributed by atoms with Crippen LogP contribution in [0.3, 0.4) is 0 Å². The number of amides is 1. The lowest BCUT2D eigenvalue weighted by Gasteiger charge is -2.16. The van der Waals surface area contributed by atoms with Crippen LogP contribution in [-0.4, -0.2) is 15.5 Å². The Bertz CT molecular complexity index is 562. The molecule has 1 heterocycles. The molecule has 1 atom stereocenters. The zero-order chi connectivity index (χ0) is 14.4. The number of nitrogens with two attached hydrogens (primary N) is 1. The van der Waals surface area contributed by atoms with Crippen LogP contribution in [0.25, 0.3) is 11.0 Å². The molecule has 0 aliphatic rings. The molecule has 0 radical (unpaired) electrons. The van der Waals surface area contributed by atoms with E-state index in [0.717, 1.165) is 30.3 Å². The van der Waals surface area contributed by atoms with Crippen molar-refractivity contribution in [1.29, 1.82) is 0 Å². The first-order valence-corrected chi connectivity index (χ1v) is 7.45. The van der Waals surface area contributed by atoms with Crippen molar-refractivity contribution >= 4 is 16.9 Å². The summed E-state index contributed by atoms with van der Waals surface area (Å²) < 4.78 is 1.91. The lowest BCUT2D eigenvalue weighted by Crippen LogP contribution is -2.26. The Morgan fingerprint density at radius 3 is 2.75 bits per heavy atom. The molecule has 108 valence electrons. The Morgan fingerprint density at radius 2 is 2.00 bits per heavy atom. The molecule has 4 heteroatoms. The minimum atomic E-state index is -0.288. The second-order valence-electron chi connectivity index (χ2n) is 5.26. The monoisotopic (exact) mass is 273 g/mol. The van der Waals surface area contributed by atoms with Crippen LogP contribution in [0.5, 0.6) is 0 Å². The molecule has 0 fully saturated rings. The highest BCUT2D eigenvalue weighted by molar-refractivity contribution is 5.82. The van der Waals surface area contributed by atoms with Gasteiger partial charge in [-0.05, 0) is 18.6 Å². The predicted molar refractivity (Wildman–Crippen MR) is 81.3 cm³/mol.